The summed E-state index contributed by atoms with van der Waals surface area (Å²) in [4.78, 5) is 4.83. The summed E-state index contributed by atoms with van der Waals surface area (Å²) < 4.78 is 8.09. The number of thioether (sulfide) groups is 1. The standard InChI is InChI=1S/C21H26N4OS2/c1-14(2)19-23-24-21(25(19)11-18-8-5-9-26-18)28-13-17-12-27-20(22-17)16-7-4-6-15(3)10-16/h4,6-7,10,12,14,18H,5,8-9,11,13H2,1-3H3. The Balaban J connectivity index is 1.47. The minimum atomic E-state index is 0.278. The third-order valence-corrected chi connectivity index (χ3v) is 6.78. The number of ether oxygens (including phenoxy) is 1. The lowest BCUT2D eigenvalue weighted by Gasteiger charge is -2.15. The number of thiazole rings is 1. The molecule has 0 saturated carbocycles. The fourth-order valence-corrected chi connectivity index (χ4v) is 5.19. The summed E-state index contributed by atoms with van der Waals surface area (Å²) in [6, 6.07) is 8.50. The number of hydrogen-bond donors (Lipinski definition) is 0. The highest BCUT2D eigenvalue weighted by molar-refractivity contribution is 7.98. The predicted molar refractivity (Wildman–Crippen MR) is 115 cm³/mol. The number of aromatic nitrogens is 4. The van der Waals surface area contributed by atoms with Crippen molar-refractivity contribution in [3.63, 3.8) is 0 Å². The molecule has 1 aliphatic heterocycles. The summed E-state index contributed by atoms with van der Waals surface area (Å²) in [5.74, 6) is 2.18. The second-order valence-corrected chi connectivity index (χ2v) is 9.34. The molecule has 0 amide bonds. The van der Waals surface area contributed by atoms with Crippen molar-refractivity contribution < 1.29 is 4.74 Å². The zero-order valence-electron chi connectivity index (χ0n) is 16.6. The molecule has 0 radical (unpaired) electrons. The SMILES string of the molecule is Cc1cccc(-c2nc(CSc3nnc(C(C)C)n3CC3CCCO3)cs2)c1. The van der Waals surface area contributed by atoms with Crippen LogP contribution in [-0.4, -0.2) is 32.5 Å². The first-order valence-electron chi connectivity index (χ1n) is 9.79. The van der Waals surface area contributed by atoms with Gasteiger partial charge in [-0.1, -0.05) is 49.4 Å². The zero-order valence-corrected chi connectivity index (χ0v) is 18.2. The molecular weight excluding hydrogens is 388 g/mol. The maximum absolute atomic E-state index is 5.84. The molecule has 2 aromatic heterocycles. The van der Waals surface area contributed by atoms with Crippen molar-refractivity contribution in [2.75, 3.05) is 6.61 Å². The minimum absolute atomic E-state index is 0.278. The van der Waals surface area contributed by atoms with Crippen molar-refractivity contribution in [2.45, 2.75) is 63.1 Å². The lowest BCUT2D eigenvalue weighted by Crippen LogP contribution is -2.18. The van der Waals surface area contributed by atoms with E-state index in [1.54, 1.807) is 23.1 Å². The van der Waals surface area contributed by atoms with Gasteiger partial charge in [-0.3, -0.25) is 0 Å². The Morgan fingerprint density at radius 3 is 2.96 bits per heavy atom. The third-order valence-electron chi connectivity index (χ3n) is 4.84. The van der Waals surface area contributed by atoms with E-state index >= 15 is 0 Å². The first-order valence-corrected chi connectivity index (χ1v) is 11.7. The van der Waals surface area contributed by atoms with Gasteiger partial charge in [-0.2, -0.15) is 0 Å². The number of nitrogens with zero attached hydrogens (tertiary/aromatic N) is 4. The average Bonchev–Trinajstić information content (AvgIpc) is 3.42. The van der Waals surface area contributed by atoms with Crippen LogP contribution in [-0.2, 0) is 17.0 Å². The van der Waals surface area contributed by atoms with E-state index in [1.807, 2.05) is 0 Å². The highest BCUT2D eigenvalue weighted by Gasteiger charge is 2.22. The Hall–Kier alpha value is -1.70. The van der Waals surface area contributed by atoms with Crippen LogP contribution in [0, 0.1) is 6.92 Å². The summed E-state index contributed by atoms with van der Waals surface area (Å²) in [6.45, 7) is 8.15. The Morgan fingerprint density at radius 1 is 1.32 bits per heavy atom. The molecular formula is C21H26N4OS2. The first kappa shape index (κ1) is 19.6. The summed E-state index contributed by atoms with van der Waals surface area (Å²) in [7, 11) is 0. The monoisotopic (exact) mass is 414 g/mol. The largest absolute Gasteiger partial charge is 0.376 e. The quantitative estimate of drug-likeness (QED) is 0.491. The van der Waals surface area contributed by atoms with E-state index in [4.69, 9.17) is 9.72 Å². The van der Waals surface area contributed by atoms with Gasteiger partial charge in [0.2, 0.25) is 0 Å². The van der Waals surface area contributed by atoms with E-state index in [0.29, 0.717) is 5.92 Å². The fraction of sp³-hybridized carbons (Fsp3) is 0.476. The Morgan fingerprint density at radius 2 is 2.21 bits per heavy atom. The summed E-state index contributed by atoms with van der Waals surface area (Å²) in [5.41, 5.74) is 3.53. The fourth-order valence-electron chi connectivity index (χ4n) is 3.42. The van der Waals surface area contributed by atoms with Crippen LogP contribution in [0.15, 0.2) is 34.8 Å². The van der Waals surface area contributed by atoms with E-state index in [1.165, 1.54) is 11.1 Å². The molecule has 1 fully saturated rings. The van der Waals surface area contributed by atoms with Crippen LogP contribution in [0.3, 0.4) is 0 Å². The second kappa shape index (κ2) is 8.76. The van der Waals surface area contributed by atoms with Crippen LogP contribution >= 0.6 is 23.1 Å². The van der Waals surface area contributed by atoms with Crippen molar-refractivity contribution in [1.29, 1.82) is 0 Å². The van der Waals surface area contributed by atoms with Gasteiger partial charge in [0.25, 0.3) is 0 Å². The molecule has 0 spiro atoms. The molecule has 1 atom stereocenters. The molecule has 5 nitrogen and oxygen atoms in total. The van der Waals surface area contributed by atoms with Crippen LogP contribution in [0.4, 0.5) is 0 Å². The van der Waals surface area contributed by atoms with Gasteiger partial charge in [0.05, 0.1) is 18.3 Å². The number of aryl methyl sites for hydroxylation is 1. The predicted octanol–water partition coefficient (Wildman–Crippen LogP) is 5.30. The van der Waals surface area contributed by atoms with E-state index in [-0.39, 0.29) is 6.10 Å². The third kappa shape index (κ3) is 4.47. The summed E-state index contributed by atoms with van der Waals surface area (Å²) in [6.07, 6.45) is 2.54. The highest BCUT2D eigenvalue weighted by Crippen LogP contribution is 2.29. The van der Waals surface area contributed by atoms with Crippen LogP contribution in [0.2, 0.25) is 0 Å². The molecule has 7 heteroatoms. The van der Waals surface area contributed by atoms with Crippen LogP contribution in [0.5, 0.6) is 0 Å². The summed E-state index contributed by atoms with van der Waals surface area (Å²) >= 11 is 3.41. The molecule has 0 bridgehead atoms. The Kier molecular flexibility index (Phi) is 6.13. The van der Waals surface area contributed by atoms with Crippen molar-refractivity contribution in [3.05, 3.63) is 46.7 Å². The van der Waals surface area contributed by atoms with Gasteiger partial charge in [-0.15, -0.1) is 21.5 Å². The number of rotatable bonds is 7. The molecule has 1 saturated heterocycles. The van der Waals surface area contributed by atoms with Crippen molar-refractivity contribution in [2.24, 2.45) is 0 Å². The van der Waals surface area contributed by atoms with Crippen molar-refractivity contribution >= 4 is 23.1 Å². The number of benzene rings is 1. The average molecular weight is 415 g/mol. The van der Waals surface area contributed by atoms with E-state index in [0.717, 1.165) is 53.4 Å². The van der Waals surface area contributed by atoms with Crippen molar-refractivity contribution in [3.8, 4) is 10.6 Å². The van der Waals surface area contributed by atoms with Gasteiger partial charge in [0.1, 0.15) is 10.8 Å². The van der Waals surface area contributed by atoms with E-state index < -0.39 is 0 Å². The Labute approximate surface area is 174 Å². The lowest BCUT2D eigenvalue weighted by atomic mass is 10.1. The summed E-state index contributed by atoms with van der Waals surface area (Å²) in [5, 5.41) is 13.1. The molecule has 0 aliphatic carbocycles. The molecule has 3 heterocycles. The maximum Gasteiger partial charge on any atom is 0.191 e. The van der Waals surface area contributed by atoms with Crippen LogP contribution in [0.25, 0.3) is 10.6 Å². The molecule has 1 unspecified atom stereocenters. The van der Waals surface area contributed by atoms with Gasteiger partial charge < -0.3 is 9.30 Å². The maximum atomic E-state index is 5.84. The molecule has 28 heavy (non-hydrogen) atoms. The molecule has 1 aliphatic rings. The smallest absolute Gasteiger partial charge is 0.191 e. The molecule has 148 valence electrons. The lowest BCUT2D eigenvalue weighted by molar-refractivity contribution is 0.0940. The Bertz CT molecular complexity index is 928. The molecule has 0 N–H and O–H groups in total. The number of hydrogen-bond acceptors (Lipinski definition) is 6. The molecule has 1 aromatic carbocycles. The van der Waals surface area contributed by atoms with Gasteiger partial charge in [0.15, 0.2) is 5.16 Å². The van der Waals surface area contributed by atoms with Crippen molar-refractivity contribution in [1.82, 2.24) is 19.7 Å². The minimum Gasteiger partial charge on any atom is -0.376 e. The second-order valence-electron chi connectivity index (χ2n) is 7.54. The molecule has 3 aromatic rings. The van der Waals surface area contributed by atoms with Gasteiger partial charge >= 0.3 is 0 Å². The normalized spacial score (nSPS) is 16.9. The van der Waals surface area contributed by atoms with Gasteiger partial charge in [-0.05, 0) is 25.8 Å². The molecule has 4 rings (SSSR count). The van der Waals surface area contributed by atoms with Crippen LogP contribution < -0.4 is 0 Å². The highest BCUT2D eigenvalue weighted by atomic mass is 32.2. The topological polar surface area (TPSA) is 52.8 Å². The van der Waals surface area contributed by atoms with Gasteiger partial charge in [-0.25, -0.2) is 4.98 Å². The van der Waals surface area contributed by atoms with E-state index in [2.05, 4.69) is 65.2 Å². The first-order chi connectivity index (χ1) is 13.6. The zero-order chi connectivity index (χ0) is 19.5. The van der Waals surface area contributed by atoms with Crippen LogP contribution in [0.1, 0.15) is 49.7 Å². The van der Waals surface area contributed by atoms with Gasteiger partial charge in [0, 0.05) is 29.2 Å². The van der Waals surface area contributed by atoms with E-state index in [9.17, 15) is 0 Å².